The summed E-state index contributed by atoms with van der Waals surface area (Å²) >= 11 is 0. The Morgan fingerprint density at radius 3 is 2.00 bits per heavy atom. The molecule has 2 fully saturated rings. The van der Waals surface area contributed by atoms with Crippen LogP contribution in [0.1, 0.15) is 45.4 Å². The average molecular weight is 156 g/mol. The largest absolute Gasteiger partial charge is 0.365 e. The lowest BCUT2D eigenvalue weighted by Gasteiger charge is -2.48. The molecule has 2 rings (SSSR count). The minimum atomic E-state index is -0.759. The third-order valence-electron chi connectivity index (χ3n) is 2.98. The SMILES string of the molecule is CC12CCCC(O)(CCC1)O2. The highest BCUT2D eigenvalue weighted by Gasteiger charge is 2.44. The van der Waals surface area contributed by atoms with Crippen LogP contribution in [-0.4, -0.2) is 16.5 Å². The third-order valence-corrected chi connectivity index (χ3v) is 2.98. The first-order chi connectivity index (χ1) is 5.12. The normalized spacial score (nSPS) is 50.7. The molecule has 2 heteroatoms. The molecular formula is C9H16O2. The molecule has 0 spiro atoms. The van der Waals surface area contributed by atoms with Gasteiger partial charge < -0.3 is 9.84 Å². The molecule has 1 N–H and O–H groups in total. The molecule has 2 saturated heterocycles. The lowest BCUT2D eigenvalue weighted by atomic mass is 9.81. The predicted octanol–water partition coefficient (Wildman–Crippen LogP) is 1.82. The Balaban J connectivity index is 2.16. The Kier molecular flexibility index (Phi) is 1.52. The van der Waals surface area contributed by atoms with E-state index in [1.807, 2.05) is 0 Å². The topological polar surface area (TPSA) is 29.5 Å². The Hall–Kier alpha value is -0.0800. The van der Waals surface area contributed by atoms with E-state index in [4.69, 9.17) is 4.74 Å². The molecule has 2 aliphatic heterocycles. The minimum absolute atomic E-state index is 0.00868. The molecule has 0 saturated carbocycles. The summed E-state index contributed by atoms with van der Waals surface area (Å²) in [7, 11) is 0. The van der Waals surface area contributed by atoms with E-state index in [1.54, 1.807) is 0 Å². The summed E-state index contributed by atoms with van der Waals surface area (Å²) in [6, 6.07) is 0. The number of hydrogen-bond donors (Lipinski definition) is 1. The van der Waals surface area contributed by atoms with E-state index >= 15 is 0 Å². The van der Waals surface area contributed by atoms with Crippen LogP contribution in [0, 0.1) is 0 Å². The molecule has 0 radical (unpaired) electrons. The maximum Gasteiger partial charge on any atom is 0.166 e. The van der Waals surface area contributed by atoms with Crippen LogP contribution in [0.3, 0.4) is 0 Å². The van der Waals surface area contributed by atoms with Crippen molar-refractivity contribution in [2.45, 2.75) is 56.8 Å². The van der Waals surface area contributed by atoms with Crippen molar-refractivity contribution in [2.24, 2.45) is 0 Å². The van der Waals surface area contributed by atoms with Crippen LogP contribution in [0.2, 0.25) is 0 Å². The third kappa shape index (κ3) is 1.30. The Morgan fingerprint density at radius 2 is 1.64 bits per heavy atom. The first-order valence-electron chi connectivity index (χ1n) is 4.55. The van der Waals surface area contributed by atoms with Crippen molar-refractivity contribution < 1.29 is 9.84 Å². The van der Waals surface area contributed by atoms with Gasteiger partial charge in [-0.3, -0.25) is 0 Å². The highest BCUT2D eigenvalue weighted by atomic mass is 16.6. The maximum atomic E-state index is 9.84. The van der Waals surface area contributed by atoms with E-state index in [-0.39, 0.29) is 5.60 Å². The number of aliphatic hydroxyl groups is 1. The van der Waals surface area contributed by atoms with Crippen LogP contribution < -0.4 is 0 Å². The zero-order chi connectivity index (χ0) is 7.95. The summed E-state index contributed by atoms with van der Waals surface area (Å²) in [5.41, 5.74) is -0.00868. The first-order valence-corrected chi connectivity index (χ1v) is 4.55. The fourth-order valence-electron chi connectivity index (χ4n) is 2.39. The van der Waals surface area contributed by atoms with Gasteiger partial charge in [0.15, 0.2) is 5.79 Å². The van der Waals surface area contributed by atoms with E-state index in [1.165, 1.54) is 0 Å². The minimum Gasteiger partial charge on any atom is -0.365 e. The Morgan fingerprint density at radius 1 is 1.09 bits per heavy atom. The molecule has 64 valence electrons. The molecule has 0 aliphatic carbocycles. The van der Waals surface area contributed by atoms with Crippen LogP contribution in [0.25, 0.3) is 0 Å². The molecule has 0 aromatic heterocycles. The molecule has 2 bridgehead atoms. The lowest BCUT2D eigenvalue weighted by Crippen LogP contribution is -2.50. The second kappa shape index (κ2) is 2.20. The summed E-state index contributed by atoms with van der Waals surface area (Å²) in [5, 5.41) is 9.84. The van der Waals surface area contributed by atoms with Crippen molar-refractivity contribution in [3.63, 3.8) is 0 Å². The highest BCUT2D eigenvalue weighted by Crippen LogP contribution is 2.43. The quantitative estimate of drug-likeness (QED) is 0.579. The highest BCUT2D eigenvalue weighted by molar-refractivity contribution is 4.90. The van der Waals surface area contributed by atoms with Gasteiger partial charge in [-0.2, -0.15) is 0 Å². The standard InChI is InChI=1S/C9H16O2/c1-8-4-2-6-9(10,11-8)7-3-5-8/h10H,2-7H2,1H3. The van der Waals surface area contributed by atoms with Crippen molar-refractivity contribution in [1.82, 2.24) is 0 Å². The van der Waals surface area contributed by atoms with Gasteiger partial charge in [-0.1, -0.05) is 0 Å². The molecule has 2 aliphatic rings. The zero-order valence-electron chi connectivity index (χ0n) is 7.10. The fourth-order valence-corrected chi connectivity index (χ4v) is 2.39. The van der Waals surface area contributed by atoms with Gasteiger partial charge in [0, 0.05) is 12.8 Å². The van der Waals surface area contributed by atoms with Crippen molar-refractivity contribution in [2.75, 3.05) is 0 Å². The van der Waals surface area contributed by atoms with Gasteiger partial charge in [0.1, 0.15) is 0 Å². The summed E-state index contributed by atoms with van der Waals surface area (Å²) in [6.45, 7) is 2.12. The number of fused-ring (bicyclic) bond motifs is 2. The second-order valence-electron chi connectivity index (χ2n) is 4.21. The Labute approximate surface area is 67.6 Å². The van der Waals surface area contributed by atoms with E-state index in [9.17, 15) is 5.11 Å². The van der Waals surface area contributed by atoms with Crippen LogP contribution in [-0.2, 0) is 4.74 Å². The zero-order valence-corrected chi connectivity index (χ0v) is 7.10. The first kappa shape index (κ1) is 7.56. The Bertz CT molecular complexity index is 139. The summed E-state index contributed by atoms with van der Waals surface area (Å²) in [5.74, 6) is -0.759. The monoisotopic (exact) mass is 156 g/mol. The van der Waals surface area contributed by atoms with E-state index in [0.717, 1.165) is 38.5 Å². The number of ether oxygens (including phenoxy) is 1. The van der Waals surface area contributed by atoms with Gasteiger partial charge in [0.25, 0.3) is 0 Å². The smallest absolute Gasteiger partial charge is 0.166 e. The van der Waals surface area contributed by atoms with E-state index in [0.29, 0.717) is 0 Å². The molecule has 0 unspecified atom stereocenters. The number of hydrogen-bond acceptors (Lipinski definition) is 2. The van der Waals surface area contributed by atoms with Crippen molar-refractivity contribution in [1.29, 1.82) is 0 Å². The second-order valence-corrected chi connectivity index (χ2v) is 4.21. The van der Waals surface area contributed by atoms with Gasteiger partial charge in [0.2, 0.25) is 0 Å². The molecule has 11 heavy (non-hydrogen) atoms. The molecular weight excluding hydrogens is 140 g/mol. The van der Waals surface area contributed by atoms with E-state index < -0.39 is 5.79 Å². The molecule has 2 heterocycles. The van der Waals surface area contributed by atoms with Crippen molar-refractivity contribution >= 4 is 0 Å². The molecule has 0 atom stereocenters. The van der Waals surface area contributed by atoms with Crippen molar-refractivity contribution in [3.05, 3.63) is 0 Å². The lowest BCUT2D eigenvalue weighted by molar-refractivity contribution is -0.309. The van der Waals surface area contributed by atoms with Gasteiger partial charge >= 0.3 is 0 Å². The van der Waals surface area contributed by atoms with Crippen molar-refractivity contribution in [3.8, 4) is 0 Å². The molecule has 0 aromatic carbocycles. The van der Waals surface area contributed by atoms with Gasteiger partial charge in [0.05, 0.1) is 5.60 Å². The van der Waals surface area contributed by atoms with Gasteiger partial charge in [-0.25, -0.2) is 0 Å². The number of rotatable bonds is 0. The molecule has 0 amide bonds. The van der Waals surface area contributed by atoms with Crippen LogP contribution in [0.5, 0.6) is 0 Å². The predicted molar refractivity (Wildman–Crippen MR) is 42.1 cm³/mol. The van der Waals surface area contributed by atoms with Gasteiger partial charge in [-0.05, 0) is 32.6 Å². The molecule has 0 aromatic rings. The van der Waals surface area contributed by atoms with Crippen LogP contribution in [0.4, 0.5) is 0 Å². The summed E-state index contributed by atoms with van der Waals surface area (Å²) in [4.78, 5) is 0. The van der Waals surface area contributed by atoms with Crippen LogP contribution in [0.15, 0.2) is 0 Å². The summed E-state index contributed by atoms with van der Waals surface area (Å²) < 4.78 is 5.65. The fraction of sp³-hybridized carbons (Fsp3) is 1.00. The van der Waals surface area contributed by atoms with Crippen LogP contribution >= 0.6 is 0 Å². The van der Waals surface area contributed by atoms with Gasteiger partial charge in [-0.15, -0.1) is 0 Å². The molecule has 2 nitrogen and oxygen atoms in total. The maximum absolute atomic E-state index is 9.84. The average Bonchev–Trinajstić information content (AvgIpc) is 1.83. The summed E-state index contributed by atoms with van der Waals surface area (Å²) in [6.07, 6.45) is 6.15. The van der Waals surface area contributed by atoms with E-state index in [2.05, 4.69) is 6.92 Å².